The molecule has 0 atom stereocenters. The number of aromatic nitrogens is 2. The number of anilines is 1. The summed E-state index contributed by atoms with van der Waals surface area (Å²) in [7, 11) is 1.96. The summed E-state index contributed by atoms with van der Waals surface area (Å²) in [6, 6.07) is 13.5. The molecule has 164 valence electrons. The van der Waals surface area contributed by atoms with E-state index in [0.717, 1.165) is 33.2 Å². The molecular weight excluding hydrogens is 426 g/mol. The van der Waals surface area contributed by atoms with Crippen LogP contribution in [0.3, 0.4) is 0 Å². The lowest BCUT2D eigenvalue weighted by Gasteiger charge is -2.20. The lowest BCUT2D eigenvalue weighted by atomic mass is 10.1. The summed E-state index contributed by atoms with van der Waals surface area (Å²) in [6.45, 7) is 6.13. The predicted molar refractivity (Wildman–Crippen MR) is 126 cm³/mol. The molecule has 4 aromatic rings. The number of fused-ring (bicyclic) bond motifs is 4. The van der Waals surface area contributed by atoms with Crippen molar-refractivity contribution in [1.29, 1.82) is 0 Å². The number of aryl methyl sites for hydroxylation is 1. The smallest absolute Gasteiger partial charge is 0.326 e. The van der Waals surface area contributed by atoms with E-state index in [1.807, 2.05) is 85.6 Å². The van der Waals surface area contributed by atoms with Crippen LogP contribution < -0.4 is 4.90 Å². The molecule has 2 aromatic carbocycles. The molecule has 2 aromatic heterocycles. The van der Waals surface area contributed by atoms with Crippen molar-refractivity contribution < 1.29 is 14.3 Å². The van der Waals surface area contributed by atoms with Gasteiger partial charge in [0, 0.05) is 24.3 Å². The van der Waals surface area contributed by atoms with E-state index in [-0.39, 0.29) is 18.4 Å². The molecule has 0 aliphatic carbocycles. The number of hydrogen-bond donors (Lipinski definition) is 0. The molecule has 0 saturated carbocycles. The quantitative estimate of drug-likeness (QED) is 0.399. The molecule has 7 heteroatoms. The average molecular weight is 450 g/mol. The Morgan fingerprint density at radius 1 is 1.12 bits per heavy atom. The van der Waals surface area contributed by atoms with Gasteiger partial charge in [-0.2, -0.15) is 0 Å². The van der Waals surface area contributed by atoms with E-state index in [1.54, 1.807) is 4.90 Å². The third kappa shape index (κ3) is 3.26. The molecule has 0 fully saturated rings. The van der Waals surface area contributed by atoms with Gasteiger partial charge in [-0.3, -0.25) is 9.59 Å². The number of carbonyl (C=O) groups is 2. The summed E-state index contributed by atoms with van der Waals surface area (Å²) in [5.41, 5.74) is 3.68. The highest BCUT2D eigenvalue weighted by molar-refractivity contribution is 6.37. The average Bonchev–Trinajstić information content (AvgIpc) is 3.35. The number of amides is 1. The molecule has 1 amide bonds. The van der Waals surface area contributed by atoms with Crippen molar-refractivity contribution in [3.63, 3.8) is 0 Å². The van der Waals surface area contributed by atoms with Crippen LogP contribution in [-0.4, -0.2) is 26.6 Å². The minimum Gasteiger partial charge on any atom is -0.459 e. The van der Waals surface area contributed by atoms with Crippen molar-refractivity contribution in [1.82, 2.24) is 9.13 Å². The second-order valence-electron chi connectivity index (χ2n) is 9.18. The van der Waals surface area contributed by atoms with Gasteiger partial charge in [0.05, 0.1) is 33.9 Å². The molecule has 6 nitrogen and oxygen atoms in total. The first kappa shape index (κ1) is 20.6. The third-order valence-electron chi connectivity index (χ3n) is 5.85. The molecule has 0 saturated heterocycles. The summed E-state index contributed by atoms with van der Waals surface area (Å²) >= 11 is 6.46. The number of esters is 1. The normalized spacial score (nSPS) is 13.9. The van der Waals surface area contributed by atoms with E-state index >= 15 is 0 Å². The Bertz CT molecular complexity index is 1410. The van der Waals surface area contributed by atoms with Crippen LogP contribution in [0.5, 0.6) is 0 Å². The second kappa shape index (κ2) is 7.14. The lowest BCUT2D eigenvalue weighted by Crippen LogP contribution is -2.26. The lowest BCUT2D eigenvalue weighted by molar-refractivity contribution is -0.155. The number of nitrogens with zero attached hydrogens (tertiary/aromatic N) is 3. The summed E-state index contributed by atoms with van der Waals surface area (Å²) in [4.78, 5) is 27.6. The number of rotatable bonds is 3. The van der Waals surface area contributed by atoms with Crippen LogP contribution in [0, 0.1) is 0 Å². The highest BCUT2D eigenvalue weighted by Crippen LogP contribution is 2.39. The molecule has 0 N–H and O–H groups in total. The number of benzene rings is 2. The van der Waals surface area contributed by atoms with Crippen molar-refractivity contribution in [3.05, 3.63) is 64.9 Å². The first-order valence-electron chi connectivity index (χ1n) is 10.5. The van der Waals surface area contributed by atoms with Crippen LogP contribution in [0.1, 0.15) is 36.8 Å². The van der Waals surface area contributed by atoms with Gasteiger partial charge in [-0.15, -0.1) is 0 Å². The minimum atomic E-state index is -0.539. The Hall–Kier alpha value is -3.25. The monoisotopic (exact) mass is 449 g/mol. The molecule has 3 heterocycles. The van der Waals surface area contributed by atoms with Gasteiger partial charge in [0.15, 0.2) is 0 Å². The number of halogens is 1. The Morgan fingerprint density at radius 2 is 1.91 bits per heavy atom. The standard InChI is InChI=1S/C25H24ClN3O3/c1-25(2,3)32-21(30)14-28-11-10-15-8-9-16(12-19(15)28)29-13-20-23(24(29)31)22-17(26)6-5-7-18(22)27(20)4/h5-12H,13-14H2,1-4H3. The van der Waals surface area contributed by atoms with Crippen LogP contribution >= 0.6 is 11.6 Å². The highest BCUT2D eigenvalue weighted by atomic mass is 35.5. The van der Waals surface area contributed by atoms with E-state index < -0.39 is 5.60 Å². The summed E-state index contributed by atoms with van der Waals surface area (Å²) < 4.78 is 9.36. The fourth-order valence-corrected chi connectivity index (χ4v) is 4.73. The topological polar surface area (TPSA) is 56.5 Å². The summed E-state index contributed by atoms with van der Waals surface area (Å²) in [5, 5.41) is 2.37. The van der Waals surface area contributed by atoms with Gasteiger partial charge in [0.1, 0.15) is 12.1 Å². The number of ether oxygens (including phenoxy) is 1. The second-order valence-corrected chi connectivity index (χ2v) is 9.59. The Kier molecular flexibility index (Phi) is 4.60. The van der Waals surface area contributed by atoms with Gasteiger partial charge in [-0.1, -0.05) is 23.7 Å². The molecule has 32 heavy (non-hydrogen) atoms. The van der Waals surface area contributed by atoms with Crippen molar-refractivity contribution in [2.24, 2.45) is 7.05 Å². The maximum absolute atomic E-state index is 13.4. The van der Waals surface area contributed by atoms with Gasteiger partial charge in [-0.25, -0.2) is 0 Å². The first-order valence-corrected chi connectivity index (χ1v) is 10.9. The van der Waals surface area contributed by atoms with Gasteiger partial charge < -0.3 is 18.8 Å². The maximum atomic E-state index is 13.4. The zero-order valence-corrected chi connectivity index (χ0v) is 19.2. The van der Waals surface area contributed by atoms with Gasteiger partial charge in [-0.05, 0) is 56.5 Å². The van der Waals surface area contributed by atoms with E-state index in [0.29, 0.717) is 17.1 Å². The van der Waals surface area contributed by atoms with Gasteiger partial charge in [0.2, 0.25) is 0 Å². The van der Waals surface area contributed by atoms with Crippen LogP contribution in [0.15, 0.2) is 48.7 Å². The van der Waals surface area contributed by atoms with Crippen molar-refractivity contribution >= 4 is 51.0 Å². The fourth-order valence-electron chi connectivity index (χ4n) is 4.47. The molecule has 0 unspecified atom stereocenters. The zero-order valence-electron chi connectivity index (χ0n) is 18.5. The van der Waals surface area contributed by atoms with Crippen LogP contribution in [0.2, 0.25) is 5.02 Å². The Labute approximate surface area is 190 Å². The van der Waals surface area contributed by atoms with Crippen molar-refractivity contribution in [2.75, 3.05) is 4.90 Å². The van der Waals surface area contributed by atoms with E-state index in [1.165, 1.54) is 0 Å². The van der Waals surface area contributed by atoms with Gasteiger partial charge >= 0.3 is 5.97 Å². The van der Waals surface area contributed by atoms with E-state index in [2.05, 4.69) is 0 Å². The molecule has 1 aliphatic heterocycles. The van der Waals surface area contributed by atoms with Crippen molar-refractivity contribution in [2.45, 2.75) is 39.5 Å². The van der Waals surface area contributed by atoms with Crippen LogP contribution in [0.4, 0.5) is 5.69 Å². The third-order valence-corrected chi connectivity index (χ3v) is 6.17. The van der Waals surface area contributed by atoms with Gasteiger partial charge in [0.25, 0.3) is 5.91 Å². The first-order chi connectivity index (χ1) is 15.1. The van der Waals surface area contributed by atoms with Crippen LogP contribution in [0.25, 0.3) is 21.8 Å². The zero-order chi connectivity index (χ0) is 22.8. The fraction of sp³-hybridized carbons (Fsp3) is 0.280. The molecule has 0 radical (unpaired) electrons. The molecular formula is C25H24ClN3O3. The van der Waals surface area contributed by atoms with E-state index in [4.69, 9.17) is 16.3 Å². The molecule has 0 bridgehead atoms. The molecule has 5 rings (SSSR count). The predicted octanol–water partition coefficient (Wildman–Crippen LogP) is 5.29. The Morgan fingerprint density at radius 3 is 2.66 bits per heavy atom. The highest BCUT2D eigenvalue weighted by Gasteiger charge is 2.35. The summed E-state index contributed by atoms with van der Waals surface area (Å²) in [6.07, 6.45) is 1.87. The number of hydrogen-bond acceptors (Lipinski definition) is 3. The van der Waals surface area contributed by atoms with Crippen LogP contribution in [-0.2, 0) is 29.7 Å². The minimum absolute atomic E-state index is 0.0664. The number of carbonyl (C=O) groups excluding carboxylic acids is 2. The molecule has 1 aliphatic rings. The SMILES string of the molecule is Cn1c2c(c3c(Cl)cccc31)C(=O)N(c1ccc3ccn(CC(=O)OC(C)(C)C)c3c1)C2. The van der Waals surface area contributed by atoms with E-state index in [9.17, 15) is 9.59 Å². The Balaban J connectivity index is 1.51. The largest absolute Gasteiger partial charge is 0.459 e. The summed E-state index contributed by atoms with van der Waals surface area (Å²) in [5.74, 6) is -0.366. The maximum Gasteiger partial charge on any atom is 0.326 e. The van der Waals surface area contributed by atoms with Crippen molar-refractivity contribution in [3.8, 4) is 0 Å². The molecule has 0 spiro atoms.